The molecule has 21 heavy (non-hydrogen) atoms. The van der Waals surface area contributed by atoms with Crippen LogP contribution in [0, 0.1) is 0 Å². The predicted molar refractivity (Wildman–Crippen MR) is 87.2 cm³/mol. The number of halogens is 1. The van der Waals surface area contributed by atoms with Crippen LogP contribution in [0.3, 0.4) is 0 Å². The fraction of sp³-hybridized carbons (Fsp3) is 0.353. The third-order valence-corrected chi connectivity index (χ3v) is 4.21. The Hall–Kier alpha value is -1.74. The summed E-state index contributed by atoms with van der Waals surface area (Å²) in [5, 5.41) is 0.659. The average molecular weight is 303 g/mol. The van der Waals surface area contributed by atoms with Crippen molar-refractivity contribution in [2.75, 3.05) is 7.11 Å². The second kappa shape index (κ2) is 6.35. The van der Waals surface area contributed by atoms with Crippen molar-refractivity contribution in [3.8, 4) is 5.75 Å². The fourth-order valence-electron chi connectivity index (χ4n) is 2.84. The zero-order chi connectivity index (χ0) is 14.7. The average Bonchev–Trinajstić information content (AvgIpc) is 3.16. The van der Waals surface area contributed by atoms with Gasteiger partial charge in [0.25, 0.3) is 0 Å². The number of aliphatic imine (C=N–C) groups is 1. The molecule has 1 fully saturated rings. The van der Waals surface area contributed by atoms with Crippen LogP contribution in [0.25, 0.3) is 0 Å². The molecular weight excluding hydrogens is 284 g/mol. The molecular formula is C17H19ClN2O. The van der Waals surface area contributed by atoms with Crippen molar-refractivity contribution in [2.45, 2.75) is 31.7 Å². The van der Waals surface area contributed by atoms with E-state index in [0.29, 0.717) is 11.1 Å². The molecule has 0 unspecified atom stereocenters. The maximum Gasteiger partial charge on any atom is 0.144 e. The lowest BCUT2D eigenvalue weighted by Crippen LogP contribution is -2.00. The van der Waals surface area contributed by atoms with Gasteiger partial charge in [-0.05, 0) is 37.1 Å². The van der Waals surface area contributed by atoms with Gasteiger partial charge in [0.05, 0.1) is 7.11 Å². The van der Waals surface area contributed by atoms with Crippen LogP contribution >= 0.6 is 11.6 Å². The number of rotatable bonds is 4. The van der Waals surface area contributed by atoms with Crippen LogP contribution in [0.2, 0.25) is 5.02 Å². The lowest BCUT2D eigenvalue weighted by molar-refractivity contribution is 0.416. The highest BCUT2D eigenvalue weighted by molar-refractivity contribution is 6.30. The maximum atomic E-state index is 6.01. The highest BCUT2D eigenvalue weighted by atomic mass is 35.5. The summed E-state index contributed by atoms with van der Waals surface area (Å²) < 4.78 is 7.61. The number of hydrogen-bond donors (Lipinski definition) is 0. The molecule has 3 nitrogen and oxygen atoms in total. The van der Waals surface area contributed by atoms with E-state index < -0.39 is 0 Å². The third-order valence-electron chi connectivity index (χ3n) is 3.98. The summed E-state index contributed by atoms with van der Waals surface area (Å²) in [4.78, 5) is 4.50. The van der Waals surface area contributed by atoms with Crippen LogP contribution in [0.5, 0.6) is 5.75 Å². The van der Waals surface area contributed by atoms with Gasteiger partial charge in [0.1, 0.15) is 11.4 Å². The molecule has 3 rings (SSSR count). The summed E-state index contributed by atoms with van der Waals surface area (Å²) in [5.74, 6) is 0.728. The quantitative estimate of drug-likeness (QED) is 0.729. The summed E-state index contributed by atoms with van der Waals surface area (Å²) in [6.45, 7) is 0. The molecule has 0 radical (unpaired) electrons. The van der Waals surface area contributed by atoms with E-state index in [9.17, 15) is 0 Å². The van der Waals surface area contributed by atoms with E-state index in [2.05, 4.69) is 28.0 Å². The van der Waals surface area contributed by atoms with Gasteiger partial charge < -0.3 is 9.30 Å². The molecule has 0 amide bonds. The number of benzene rings is 1. The van der Waals surface area contributed by atoms with E-state index in [1.54, 1.807) is 13.2 Å². The molecule has 1 heterocycles. The standard InChI is InChI=1S/C17H19ClN2O/c1-21-17-7-6-14(18)10-16(17)19-11-13-8-9-20(12-13)15-4-2-3-5-15/h6-12,15H,2-5H2,1H3. The van der Waals surface area contributed by atoms with Crippen molar-refractivity contribution < 1.29 is 4.74 Å². The van der Waals surface area contributed by atoms with Crippen LogP contribution in [-0.4, -0.2) is 17.9 Å². The minimum atomic E-state index is 0.659. The van der Waals surface area contributed by atoms with Crippen LogP contribution in [0.4, 0.5) is 5.69 Å². The van der Waals surface area contributed by atoms with Gasteiger partial charge in [0.15, 0.2) is 0 Å². The first-order chi connectivity index (χ1) is 10.3. The normalized spacial score (nSPS) is 15.9. The van der Waals surface area contributed by atoms with Crippen LogP contribution in [-0.2, 0) is 0 Å². The van der Waals surface area contributed by atoms with Crippen molar-refractivity contribution in [1.82, 2.24) is 4.57 Å². The molecule has 0 atom stereocenters. The van der Waals surface area contributed by atoms with Gasteiger partial charge in [-0.1, -0.05) is 24.4 Å². The highest BCUT2D eigenvalue weighted by Gasteiger charge is 2.15. The molecule has 1 aromatic carbocycles. The molecule has 1 aliphatic carbocycles. The Morgan fingerprint density at radius 1 is 1.29 bits per heavy atom. The molecule has 0 saturated heterocycles. The topological polar surface area (TPSA) is 26.5 Å². The molecule has 110 valence electrons. The molecule has 0 spiro atoms. The zero-order valence-corrected chi connectivity index (χ0v) is 12.9. The minimum absolute atomic E-state index is 0.659. The Morgan fingerprint density at radius 2 is 2.10 bits per heavy atom. The van der Waals surface area contributed by atoms with Gasteiger partial charge in [-0.3, -0.25) is 4.99 Å². The van der Waals surface area contributed by atoms with Crippen molar-refractivity contribution in [3.05, 3.63) is 47.2 Å². The van der Waals surface area contributed by atoms with Gasteiger partial charge in [-0.25, -0.2) is 0 Å². The van der Waals surface area contributed by atoms with Crippen molar-refractivity contribution in [3.63, 3.8) is 0 Å². The zero-order valence-electron chi connectivity index (χ0n) is 12.1. The first kappa shape index (κ1) is 14.2. The maximum absolute atomic E-state index is 6.01. The van der Waals surface area contributed by atoms with E-state index in [-0.39, 0.29) is 0 Å². The first-order valence-corrected chi connectivity index (χ1v) is 7.69. The third kappa shape index (κ3) is 3.30. The lowest BCUT2D eigenvalue weighted by atomic mass is 10.2. The number of hydrogen-bond acceptors (Lipinski definition) is 2. The molecule has 1 aliphatic rings. The largest absolute Gasteiger partial charge is 0.494 e. The van der Waals surface area contributed by atoms with Gasteiger partial charge in [0.2, 0.25) is 0 Å². The van der Waals surface area contributed by atoms with Gasteiger partial charge >= 0.3 is 0 Å². The summed E-state index contributed by atoms with van der Waals surface area (Å²) in [6, 6.07) is 8.20. The van der Waals surface area contributed by atoms with E-state index >= 15 is 0 Å². The Bertz CT molecular complexity index is 642. The summed E-state index contributed by atoms with van der Waals surface area (Å²) in [5.41, 5.74) is 1.85. The van der Waals surface area contributed by atoms with Crippen molar-refractivity contribution in [2.24, 2.45) is 4.99 Å². The lowest BCUT2D eigenvalue weighted by Gasteiger charge is -2.10. The monoisotopic (exact) mass is 302 g/mol. The number of nitrogens with zero attached hydrogens (tertiary/aromatic N) is 2. The fourth-order valence-corrected chi connectivity index (χ4v) is 3.01. The minimum Gasteiger partial charge on any atom is -0.494 e. The van der Waals surface area contributed by atoms with E-state index in [1.165, 1.54) is 25.7 Å². The smallest absolute Gasteiger partial charge is 0.144 e. The van der Waals surface area contributed by atoms with E-state index in [0.717, 1.165) is 17.0 Å². The van der Waals surface area contributed by atoms with E-state index in [4.69, 9.17) is 16.3 Å². The summed E-state index contributed by atoms with van der Waals surface area (Å²) in [7, 11) is 1.64. The summed E-state index contributed by atoms with van der Waals surface area (Å²) in [6.07, 6.45) is 11.4. The van der Waals surface area contributed by atoms with Crippen molar-refractivity contribution >= 4 is 23.5 Å². The van der Waals surface area contributed by atoms with Crippen molar-refractivity contribution in [1.29, 1.82) is 0 Å². The number of methoxy groups -OCH3 is 1. The predicted octanol–water partition coefficient (Wildman–Crippen LogP) is 5.02. The molecule has 0 N–H and O–H groups in total. The Morgan fingerprint density at radius 3 is 2.86 bits per heavy atom. The first-order valence-electron chi connectivity index (χ1n) is 7.31. The van der Waals surface area contributed by atoms with Gasteiger partial charge in [-0.2, -0.15) is 0 Å². The highest BCUT2D eigenvalue weighted by Crippen LogP contribution is 2.31. The molecule has 2 aromatic rings. The van der Waals surface area contributed by atoms with Crippen LogP contribution < -0.4 is 4.74 Å². The number of aromatic nitrogens is 1. The molecule has 1 saturated carbocycles. The van der Waals surface area contributed by atoms with Gasteiger partial charge in [0, 0.05) is 35.2 Å². The SMILES string of the molecule is COc1ccc(Cl)cc1N=Cc1ccn(C2CCCC2)c1. The Labute approximate surface area is 130 Å². The van der Waals surface area contributed by atoms with Gasteiger partial charge in [-0.15, -0.1) is 0 Å². The van der Waals surface area contributed by atoms with Crippen LogP contribution in [0.1, 0.15) is 37.3 Å². The second-order valence-corrected chi connectivity index (χ2v) is 5.84. The molecule has 0 aliphatic heterocycles. The molecule has 4 heteroatoms. The molecule has 0 bridgehead atoms. The second-order valence-electron chi connectivity index (χ2n) is 5.40. The van der Waals surface area contributed by atoms with Crippen LogP contribution in [0.15, 0.2) is 41.7 Å². The van der Waals surface area contributed by atoms with E-state index in [1.807, 2.05) is 18.3 Å². The molecule has 1 aromatic heterocycles. The summed E-state index contributed by atoms with van der Waals surface area (Å²) >= 11 is 6.01. The Kier molecular flexibility index (Phi) is 4.30. The Balaban J connectivity index is 1.78. The number of ether oxygens (including phenoxy) is 1.